The maximum absolute atomic E-state index is 4.46. The lowest BCUT2D eigenvalue weighted by Crippen LogP contribution is -2.21. The maximum Gasteiger partial charge on any atom is 0.243 e. The molecule has 1 atom stereocenters. The first-order valence-electron chi connectivity index (χ1n) is 5.81. The Morgan fingerprint density at radius 2 is 2.29 bits per heavy atom. The molecule has 0 saturated heterocycles. The molecule has 4 nitrogen and oxygen atoms in total. The number of hydrogen-bond donors (Lipinski definition) is 1. The number of nitrogens with zero attached hydrogens (tertiary/aromatic N) is 3. The minimum Gasteiger partial charge on any atom is -0.349 e. The second kappa shape index (κ2) is 5.40. The van der Waals surface area contributed by atoms with E-state index in [-0.39, 0.29) is 0 Å². The summed E-state index contributed by atoms with van der Waals surface area (Å²) in [6, 6.07) is 4.47. The van der Waals surface area contributed by atoms with Crippen LogP contribution < -0.4 is 5.32 Å². The molecule has 5 heteroatoms. The predicted molar refractivity (Wildman–Crippen MR) is 73.8 cm³/mol. The quantitative estimate of drug-likeness (QED) is 0.885. The highest BCUT2D eigenvalue weighted by Gasteiger charge is 2.09. The number of hydrogen-bond acceptors (Lipinski definition) is 4. The van der Waals surface area contributed by atoms with E-state index in [0.29, 0.717) is 6.04 Å². The first-order valence-corrected chi connectivity index (χ1v) is 7.21. The van der Waals surface area contributed by atoms with E-state index in [9.17, 15) is 0 Å². The lowest BCUT2D eigenvalue weighted by atomic mass is 10.3. The summed E-state index contributed by atoms with van der Waals surface area (Å²) in [5.74, 6) is 1.79. The molecular weight excluding hydrogens is 232 g/mol. The summed E-state index contributed by atoms with van der Waals surface area (Å²) in [4.78, 5) is 4.46. The third kappa shape index (κ3) is 2.91. The Bertz CT molecular complexity index is 494. The second-order valence-electron chi connectivity index (χ2n) is 4.15. The summed E-state index contributed by atoms with van der Waals surface area (Å²) < 4.78 is 1.82. The molecule has 0 aliphatic carbocycles. The van der Waals surface area contributed by atoms with Crippen LogP contribution in [0.5, 0.6) is 0 Å². The number of rotatable bonds is 5. The SMILES string of the molecule is CCC(CSC)Nc1nc2ccc(C)cn2n1. The van der Waals surface area contributed by atoms with Gasteiger partial charge in [0.15, 0.2) is 5.65 Å². The lowest BCUT2D eigenvalue weighted by Gasteiger charge is -2.13. The van der Waals surface area contributed by atoms with Crippen LogP contribution in [0.4, 0.5) is 5.95 Å². The van der Waals surface area contributed by atoms with Gasteiger partial charge in [-0.2, -0.15) is 16.7 Å². The van der Waals surface area contributed by atoms with Crippen LogP contribution in [0.15, 0.2) is 18.3 Å². The largest absolute Gasteiger partial charge is 0.349 e. The zero-order chi connectivity index (χ0) is 12.3. The van der Waals surface area contributed by atoms with Crippen molar-refractivity contribution >= 4 is 23.4 Å². The predicted octanol–water partition coefficient (Wildman–Crippen LogP) is 2.59. The average molecular weight is 250 g/mol. The van der Waals surface area contributed by atoms with Crippen LogP contribution in [0.2, 0.25) is 0 Å². The molecular formula is C12H18N4S. The molecule has 17 heavy (non-hydrogen) atoms. The number of fused-ring (bicyclic) bond motifs is 1. The molecule has 0 fully saturated rings. The van der Waals surface area contributed by atoms with Crippen LogP contribution >= 0.6 is 11.8 Å². The van der Waals surface area contributed by atoms with E-state index in [1.165, 1.54) is 5.56 Å². The highest BCUT2D eigenvalue weighted by atomic mass is 32.2. The minimum absolute atomic E-state index is 0.434. The van der Waals surface area contributed by atoms with Crippen LogP contribution in [0.25, 0.3) is 5.65 Å². The molecule has 0 aliphatic rings. The van der Waals surface area contributed by atoms with E-state index in [1.807, 2.05) is 34.6 Å². The Balaban J connectivity index is 2.18. The van der Waals surface area contributed by atoms with Gasteiger partial charge in [-0.1, -0.05) is 13.0 Å². The lowest BCUT2D eigenvalue weighted by molar-refractivity contribution is 0.761. The topological polar surface area (TPSA) is 42.2 Å². The molecule has 0 spiro atoms. The van der Waals surface area contributed by atoms with Gasteiger partial charge < -0.3 is 5.32 Å². The van der Waals surface area contributed by atoms with Crippen molar-refractivity contribution in [3.63, 3.8) is 0 Å². The van der Waals surface area contributed by atoms with Crippen molar-refractivity contribution in [2.45, 2.75) is 26.3 Å². The van der Waals surface area contributed by atoms with Gasteiger partial charge in [-0.3, -0.25) is 0 Å². The van der Waals surface area contributed by atoms with Crippen LogP contribution in [-0.2, 0) is 0 Å². The van der Waals surface area contributed by atoms with Crippen LogP contribution in [0, 0.1) is 6.92 Å². The van der Waals surface area contributed by atoms with E-state index in [2.05, 4.69) is 35.5 Å². The molecule has 0 aromatic carbocycles. The minimum atomic E-state index is 0.434. The van der Waals surface area contributed by atoms with Crippen molar-refractivity contribution in [3.8, 4) is 0 Å². The van der Waals surface area contributed by atoms with E-state index in [1.54, 1.807) is 0 Å². The highest BCUT2D eigenvalue weighted by molar-refractivity contribution is 7.98. The monoisotopic (exact) mass is 250 g/mol. The Labute approximate surface area is 106 Å². The van der Waals surface area contributed by atoms with E-state index in [4.69, 9.17) is 0 Å². The van der Waals surface area contributed by atoms with E-state index >= 15 is 0 Å². The van der Waals surface area contributed by atoms with Crippen LogP contribution in [0.3, 0.4) is 0 Å². The molecule has 0 saturated carbocycles. The van der Waals surface area contributed by atoms with Crippen molar-refractivity contribution in [2.24, 2.45) is 0 Å². The van der Waals surface area contributed by atoms with Crippen molar-refractivity contribution < 1.29 is 0 Å². The summed E-state index contributed by atoms with van der Waals surface area (Å²) in [7, 11) is 0. The van der Waals surface area contributed by atoms with E-state index < -0.39 is 0 Å². The van der Waals surface area contributed by atoms with Gasteiger partial charge in [-0.05, 0) is 31.2 Å². The molecule has 92 valence electrons. The van der Waals surface area contributed by atoms with Gasteiger partial charge in [-0.25, -0.2) is 4.52 Å². The fraction of sp³-hybridized carbons (Fsp3) is 0.500. The van der Waals surface area contributed by atoms with Gasteiger partial charge >= 0.3 is 0 Å². The average Bonchev–Trinajstić information content (AvgIpc) is 2.69. The normalized spacial score (nSPS) is 12.9. The first-order chi connectivity index (χ1) is 8.22. The van der Waals surface area contributed by atoms with Crippen molar-refractivity contribution in [2.75, 3.05) is 17.3 Å². The highest BCUT2D eigenvalue weighted by Crippen LogP contribution is 2.11. The molecule has 0 radical (unpaired) electrons. The Morgan fingerprint density at radius 1 is 1.47 bits per heavy atom. The van der Waals surface area contributed by atoms with Crippen molar-refractivity contribution in [1.82, 2.24) is 14.6 Å². The van der Waals surface area contributed by atoms with Gasteiger partial charge in [0.05, 0.1) is 0 Å². The zero-order valence-electron chi connectivity index (χ0n) is 10.5. The smallest absolute Gasteiger partial charge is 0.243 e. The van der Waals surface area contributed by atoms with Crippen LogP contribution in [-0.4, -0.2) is 32.6 Å². The third-order valence-corrected chi connectivity index (χ3v) is 3.41. The summed E-state index contributed by atoms with van der Waals surface area (Å²) >= 11 is 1.84. The number of pyridine rings is 1. The number of aromatic nitrogens is 3. The number of thioether (sulfide) groups is 1. The molecule has 1 unspecified atom stereocenters. The standard InChI is InChI=1S/C12H18N4S/c1-4-10(8-17-3)13-12-14-11-6-5-9(2)7-16(11)15-12/h5-7,10H,4,8H2,1-3H3,(H,13,15). The Kier molecular flexibility index (Phi) is 3.89. The zero-order valence-corrected chi connectivity index (χ0v) is 11.3. The summed E-state index contributed by atoms with van der Waals surface area (Å²) in [5, 5.41) is 7.80. The summed E-state index contributed by atoms with van der Waals surface area (Å²) in [6.07, 6.45) is 5.18. The molecule has 2 rings (SSSR count). The molecule has 0 amide bonds. The second-order valence-corrected chi connectivity index (χ2v) is 5.06. The molecule has 2 aromatic heterocycles. The maximum atomic E-state index is 4.46. The molecule has 0 bridgehead atoms. The van der Waals surface area contributed by atoms with Gasteiger partial charge in [-0.15, -0.1) is 5.10 Å². The fourth-order valence-electron chi connectivity index (χ4n) is 1.69. The third-order valence-electron chi connectivity index (χ3n) is 2.67. The number of aryl methyl sites for hydroxylation is 1. The fourth-order valence-corrected chi connectivity index (χ4v) is 2.41. The van der Waals surface area contributed by atoms with Gasteiger partial charge in [0, 0.05) is 18.0 Å². The molecule has 1 N–H and O–H groups in total. The Hall–Kier alpha value is -1.23. The van der Waals surface area contributed by atoms with Crippen molar-refractivity contribution in [3.05, 3.63) is 23.9 Å². The Morgan fingerprint density at radius 3 is 3.00 bits per heavy atom. The molecule has 2 heterocycles. The van der Waals surface area contributed by atoms with E-state index in [0.717, 1.165) is 23.8 Å². The van der Waals surface area contributed by atoms with Gasteiger partial charge in [0.25, 0.3) is 0 Å². The number of anilines is 1. The summed E-state index contributed by atoms with van der Waals surface area (Å²) in [5.41, 5.74) is 2.07. The molecule has 2 aromatic rings. The van der Waals surface area contributed by atoms with Gasteiger partial charge in [0.1, 0.15) is 0 Å². The van der Waals surface area contributed by atoms with Crippen molar-refractivity contribution in [1.29, 1.82) is 0 Å². The first kappa shape index (κ1) is 12.2. The van der Waals surface area contributed by atoms with Gasteiger partial charge in [0.2, 0.25) is 5.95 Å². The number of nitrogens with one attached hydrogen (secondary N) is 1. The molecule has 0 aliphatic heterocycles. The summed E-state index contributed by atoms with van der Waals surface area (Å²) in [6.45, 7) is 4.23. The van der Waals surface area contributed by atoms with Crippen LogP contribution in [0.1, 0.15) is 18.9 Å².